The van der Waals surface area contributed by atoms with E-state index in [1.54, 1.807) is 0 Å². The molecular formula is C9H11CsOS. The molecule has 1 nitrogen and oxygen atoms in total. The largest absolute Gasteiger partial charge is 1.00 e. The molecule has 60 valence electrons. The van der Waals surface area contributed by atoms with Crippen molar-refractivity contribution in [3.8, 4) is 5.75 Å². The summed E-state index contributed by atoms with van der Waals surface area (Å²) in [6, 6.07) is 5.69. The van der Waals surface area contributed by atoms with E-state index in [2.05, 4.69) is 0 Å². The summed E-state index contributed by atoms with van der Waals surface area (Å²) in [6.07, 6.45) is 2.75. The smallest absolute Gasteiger partial charge is 0.872 e. The van der Waals surface area contributed by atoms with Gasteiger partial charge in [0.25, 0.3) is 0 Å². The first-order valence-corrected chi connectivity index (χ1v) is 4.85. The number of aryl methyl sites for hydroxylation is 1. The minimum Gasteiger partial charge on any atom is -0.872 e. The van der Waals surface area contributed by atoms with Crippen LogP contribution in [0.1, 0.15) is 12.5 Å². The standard InChI is InChI=1S/C9H12OS.Cs/c1-3-7-5-4-6-8(11-2)9(7)10;/h4-6,10H,3H2,1-2H3;/q;+1/p-1. The first kappa shape index (κ1) is 13.4. The molecule has 0 spiro atoms. The summed E-state index contributed by atoms with van der Waals surface area (Å²) in [4.78, 5) is 0.851. The Hall–Kier alpha value is 1.42. The van der Waals surface area contributed by atoms with Crippen LogP contribution in [0, 0.1) is 0 Å². The second-order valence-corrected chi connectivity index (χ2v) is 3.15. The van der Waals surface area contributed by atoms with Crippen molar-refractivity contribution in [2.24, 2.45) is 0 Å². The van der Waals surface area contributed by atoms with Gasteiger partial charge in [0, 0.05) is 0 Å². The summed E-state index contributed by atoms with van der Waals surface area (Å²) in [7, 11) is 0. The van der Waals surface area contributed by atoms with E-state index in [-0.39, 0.29) is 74.6 Å². The van der Waals surface area contributed by atoms with Crippen molar-refractivity contribution in [1.82, 2.24) is 0 Å². The van der Waals surface area contributed by atoms with Gasteiger partial charge in [-0.25, -0.2) is 0 Å². The van der Waals surface area contributed by atoms with Crippen LogP contribution in [0.25, 0.3) is 0 Å². The molecule has 1 aromatic carbocycles. The summed E-state index contributed by atoms with van der Waals surface area (Å²) < 4.78 is 0. The molecule has 3 heteroatoms. The van der Waals surface area contributed by atoms with E-state index in [1.807, 2.05) is 31.4 Å². The number of rotatable bonds is 2. The van der Waals surface area contributed by atoms with Gasteiger partial charge in [-0.1, -0.05) is 30.4 Å². The van der Waals surface area contributed by atoms with E-state index >= 15 is 0 Å². The van der Waals surface area contributed by atoms with Gasteiger partial charge in [0.1, 0.15) is 0 Å². The van der Waals surface area contributed by atoms with Crippen molar-refractivity contribution >= 4 is 11.8 Å². The fourth-order valence-corrected chi connectivity index (χ4v) is 1.53. The monoisotopic (exact) mass is 300 g/mol. The van der Waals surface area contributed by atoms with Crippen molar-refractivity contribution in [2.45, 2.75) is 18.2 Å². The molecule has 0 heterocycles. The Kier molecular flexibility index (Phi) is 7.62. The Balaban J connectivity index is 0.00000121. The normalized spacial score (nSPS) is 9.17. The first-order chi connectivity index (χ1) is 5.29. The first-order valence-electron chi connectivity index (χ1n) is 3.62. The van der Waals surface area contributed by atoms with Gasteiger partial charge >= 0.3 is 68.9 Å². The summed E-state index contributed by atoms with van der Waals surface area (Å²) >= 11 is 1.51. The number of benzene rings is 1. The van der Waals surface area contributed by atoms with E-state index in [9.17, 15) is 5.11 Å². The van der Waals surface area contributed by atoms with Gasteiger partial charge in [0.05, 0.1) is 0 Å². The molecule has 0 aliphatic carbocycles. The van der Waals surface area contributed by atoms with Gasteiger partial charge in [-0.3, -0.25) is 0 Å². The number of hydrogen-bond acceptors (Lipinski definition) is 2. The Morgan fingerprint density at radius 2 is 2.08 bits per heavy atom. The third kappa shape index (κ3) is 3.29. The molecule has 12 heavy (non-hydrogen) atoms. The van der Waals surface area contributed by atoms with Crippen molar-refractivity contribution in [3.05, 3.63) is 23.8 Å². The topological polar surface area (TPSA) is 23.1 Å². The van der Waals surface area contributed by atoms with Gasteiger partial charge < -0.3 is 5.11 Å². The zero-order valence-electron chi connectivity index (χ0n) is 7.76. The van der Waals surface area contributed by atoms with Crippen molar-refractivity contribution in [3.63, 3.8) is 0 Å². The van der Waals surface area contributed by atoms with E-state index in [1.165, 1.54) is 11.8 Å². The maximum absolute atomic E-state index is 11.4. The molecule has 0 atom stereocenters. The van der Waals surface area contributed by atoms with Crippen LogP contribution in [-0.2, 0) is 6.42 Å². The second kappa shape index (κ2) is 6.81. The average molecular weight is 300 g/mol. The Labute approximate surface area is 137 Å². The molecule has 0 bridgehead atoms. The van der Waals surface area contributed by atoms with Crippen LogP contribution in [0.4, 0.5) is 0 Å². The molecule has 0 radical (unpaired) electrons. The number of thioether (sulfide) groups is 1. The third-order valence-corrected chi connectivity index (χ3v) is 2.42. The summed E-state index contributed by atoms with van der Waals surface area (Å²) in [5.74, 6) is 0.197. The van der Waals surface area contributed by atoms with Crippen LogP contribution in [0.2, 0.25) is 0 Å². The molecular weight excluding hydrogens is 289 g/mol. The minimum absolute atomic E-state index is 0. The molecule has 0 N–H and O–H groups in total. The fourth-order valence-electron chi connectivity index (χ4n) is 1.00. The van der Waals surface area contributed by atoms with Crippen molar-refractivity contribution < 1.29 is 74.0 Å². The summed E-state index contributed by atoms with van der Waals surface area (Å²) in [5, 5.41) is 11.4. The molecule has 0 amide bonds. The fraction of sp³-hybridized carbons (Fsp3) is 0.333. The van der Waals surface area contributed by atoms with Crippen LogP contribution in [-0.4, -0.2) is 6.26 Å². The van der Waals surface area contributed by atoms with Gasteiger partial charge in [-0.15, -0.1) is 11.8 Å². The molecule has 0 saturated carbocycles. The molecule has 0 aliphatic heterocycles. The molecule has 0 aromatic heterocycles. The van der Waals surface area contributed by atoms with E-state index < -0.39 is 0 Å². The predicted octanol–water partition coefficient (Wildman–Crippen LogP) is -0.951. The van der Waals surface area contributed by atoms with Gasteiger partial charge in [0.2, 0.25) is 0 Å². The minimum atomic E-state index is 0. The maximum Gasteiger partial charge on any atom is 1.00 e. The van der Waals surface area contributed by atoms with Gasteiger partial charge in [-0.05, 0) is 23.6 Å². The average Bonchev–Trinajstić information content (AvgIpc) is 2.05. The zero-order valence-corrected chi connectivity index (χ0v) is 14.9. The molecule has 0 fully saturated rings. The maximum atomic E-state index is 11.4. The van der Waals surface area contributed by atoms with E-state index in [4.69, 9.17) is 0 Å². The molecule has 1 aromatic rings. The van der Waals surface area contributed by atoms with Crippen LogP contribution >= 0.6 is 11.8 Å². The summed E-state index contributed by atoms with van der Waals surface area (Å²) in [6.45, 7) is 2.00. The number of para-hydroxylation sites is 1. The number of hydrogen-bond donors (Lipinski definition) is 0. The SMILES string of the molecule is CCc1cccc(SC)c1[O-].[Cs+]. The van der Waals surface area contributed by atoms with Gasteiger partial charge in [-0.2, -0.15) is 0 Å². The molecule has 0 aliphatic rings. The van der Waals surface area contributed by atoms with Crippen LogP contribution in [0.15, 0.2) is 23.1 Å². The quantitative estimate of drug-likeness (QED) is 0.657. The Bertz CT molecular complexity index is 228. The van der Waals surface area contributed by atoms with Gasteiger partial charge in [0.15, 0.2) is 0 Å². The Morgan fingerprint density at radius 1 is 1.42 bits per heavy atom. The van der Waals surface area contributed by atoms with E-state index in [0.29, 0.717) is 0 Å². The third-order valence-electron chi connectivity index (χ3n) is 1.66. The second-order valence-electron chi connectivity index (χ2n) is 2.30. The van der Waals surface area contributed by atoms with Crippen molar-refractivity contribution in [1.29, 1.82) is 0 Å². The van der Waals surface area contributed by atoms with Crippen LogP contribution in [0.3, 0.4) is 0 Å². The van der Waals surface area contributed by atoms with Crippen LogP contribution in [0.5, 0.6) is 5.75 Å². The summed E-state index contributed by atoms with van der Waals surface area (Å²) in [5.41, 5.74) is 0.914. The molecule has 0 saturated heterocycles. The van der Waals surface area contributed by atoms with Crippen molar-refractivity contribution in [2.75, 3.05) is 6.26 Å². The predicted molar refractivity (Wildman–Crippen MR) is 47.0 cm³/mol. The Morgan fingerprint density at radius 3 is 2.58 bits per heavy atom. The van der Waals surface area contributed by atoms with E-state index in [0.717, 1.165) is 16.9 Å². The zero-order chi connectivity index (χ0) is 8.27. The van der Waals surface area contributed by atoms with Crippen LogP contribution < -0.4 is 74.0 Å². The molecule has 0 unspecified atom stereocenters. The molecule has 1 rings (SSSR count).